The lowest BCUT2D eigenvalue weighted by Crippen LogP contribution is -2.33. The van der Waals surface area contributed by atoms with Crippen molar-refractivity contribution in [2.24, 2.45) is 0 Å². The maximum atomic E-state index is 13.4. The molecule has 0 unspecified atom stereocenters. The van der Waals surface area contributed by atoms with Gasteiger partial charge in [0.25, 0.3) is 0 Å². The summed E-state index contributed by atoms with van der Waals surface area (Å²) in [6.07, 6.45) is 3.10. The van der Waals surface area contributed by atoms with Crippen molar-refractivity contribution in [2.45, 2.75) is 13.5 Å². The molecule has 1 fully saturated rings. The quantitative estimate of drug-likeness (QED) is 0.713. The molecule has 1 aliphatic rings. The Morgan fingerprint density at radius 1 is 1.32 bits per heavy atom. The Bertz CT molecular complexity index is 1090. The second-order valence-electron chi connectivity index (χ2n) is 6.49. The van der Waals surface area contributed by atoms with Crippen LogP contribution in [0.15, 0.2) is 35.4 Å². The highest BCUT2D eigenvalue weighted by molar-refractivity contribution is 7.99. The molecule has 1 aromatic carbocycles. The summed E-state index contributed by atoms with van der Waals surface area (Å²) < 4.78 is 15.9. The number of benzene rings is 1. The van der Waals surface area contributed by atoms with Gasteiger partial charge >= 0.3 is 5.69 Å². The SMILES string of the molecule is Cc1ccc(F)cc1NC(=O)Cn1nc2c(N3CCSCC3)nccn2c1=O. The van der Waals surface area contributed by atoms with E-state index in [4.69, 9.17) is 0 Å². The lowest BCUT2D eigenvalue weighted by Gasteiger charge is -2.27. The minimum Gasteiger partial charge on any atom is -0.352 e. The van der Waals surface area contributed by atoms with Crippen LogP contribution in [0, 0.1) is 12.7 Å². The molecule has 0 atom stereocenters. The standard InChI is InChI=1S/C18H19FN6O2S/c1-12-2-3-13(19)10-14(12)21-15(26)11-25-18(27)24-5-4-20-16(17(24)22-25)23-6-8-28-9-7-23/h2-5,10H,6-9,11H2,1H3,(H,21,26). The first kappa shape index (κ1) is 18.5. The molecule has 1 aliphatic heterocycles. The Balaban J connectivity index is 1.60. The molecule has 3 heterocycles. The third-order valence-electron chi connectivity index (χ3n) is 4.56. The van der Waals surface area contributed by atoms with Gasteiger partial charge in [0.15, 0.2) is 5.82 Å². The molecule has 1 saturated heterocycles. The molecule has 1 amide bonds. The Kier molecular flexibility index (Phi) is 5.03. The van der Waals surface area contributed by atoms with Gasteiger partial charge in [0, 0.05) is 42.7 Å². The molecule has 0 saturated carbocycles. The Hall–Kier alpha value is -2.88. The molecule has 0 radical (unpaired) electrons. The number of halogens is 1. The second-order valence-corrected chi connectivity index (χ2v) is 7.72. The number of anilines is 2. The van der Waals surface area contributed by atoms with Crippen molar-refractivity contribution in [1.29, 1.82) is 0 Å². The van der Waals surface area contributed by atoms with E-state index in [9.17, 15) is 14.0 Å². The monoisotopic (exact) mass is 402 g/mol. The van der Waals surface area contributed by atoms with Gasteiger partial charge in [-0.3, -0.25) is 4.79 Å². The first-order valence-electron chi connectivity index (χ1n) is 8.86. The molecule has 1 N–H and O–H groups in total. The third-order valence-corrected chi connectivity index (χ3v) is 5.50. The number of rotatable bonds is 4. The smallest absolute Gasteiger partial charge is 0.350 e. The number of fused-ring (bicyclic) bond motifs is 1. The number of nitrogens with zero attached hydrogens (tertiary/aromatic N) is 5. The number of aromatic nitrogens is 4. The van der Waals surface area contributed by atoms with Gasteiger partial charge in [-0.25, -0.2) is 23.3 Å². The van der Waals surface area contributed by atoms with Crippen LogP contribution < -0.4 is 15.9 Å². The molecule has 3 aromatic rings. The average molecular weight is 402 g/mol. The molecule has 0 bridgehead atoms. The second kappa shape index (κ2) is 7.63. The fourth-order valence-corrected chi connectivity index (χ4v) is 3.99. The summed E-state index contributed by atoms with van der Waals surface area (Å²) in [5, 5.41) is 6.96. The van der Waals surface area contributed by atoms with Gasteiger partial charge in [0.1, 0.15) is 12.4 Å². The minimum absolute atomic E-state index is 0.272. The number of aryl methyl sites for hydroxylation is 1. The van der Waals surface area contributed by atoms with Crippen LogP contribution in [0.1, 0.15) is 5.56 Å². The van der Waals surface area contributed by atoms with Crippen LogP contribution in [-0.2, 0) is 11.3 Å². The molecule has 0 aliphatic carbocycles. The molecular weight excluding hydrogens is 383 g/mol. The van der Waals surface area contributed by atoms with Crippen LogP contribution in [0.25, 0.3) is 5.65 Å². The Morgan fingerprint density at radius 2 is 2.11 bits per heavy atom. The number of nitrogens with one attached hydrogen (secondary N) is 1. The summed E-state index contributed by atoms with van der Waals surface area (Å²) in [7, 11) is 0. The van der Waals surface area contributed by atoms with Gasteiger partial charge < -0.3 is 10.2 Å². The summed E-state index contributed by atoms with van der Waals surface area (Å²) in [5.41, 5.74) is 1.10. The summed E-state index contributed by atoms with van der Waals surface area (Å²) in [5.74, 6) is 1.72. The molecule has 146 valence electrons. The number of carbonyl (C=O) groups excluding carboxylic acids is 1. The summed E-state index contributed by atoms with van der Waals surface area (Å²) in [4.78, 5) is 31.5. The van der Waals surface area contributed by atoms with E-state index in [1.54, 1.807) is 19.2 Å². The van der Waals surface area contributed by atoms with Crippen LogP contribution in [0.3, 0.4) is 0 Å². The zero-order valence-corrected chi connectivity index (χ0v) is 16.1. The molecule has 8 nitrogen and oxygen atoms in total. The summed E-state index contributed by atoms with van der Waals surface area (Å²) in [6, 6.07) is 4.15. The summed E-state index contributed by atoms with van der Waals surface area (Å²) >= 11 is 1.88. The molecule has 2 aromatic heterocycles. The number of carbonyl (C=O) groups is 1. The number of hydrogen-bond donors (Lipinski definition) is 1. The molecule has 28 heavy (non-hydrogen) atoms. The lowest BCUT2D eigenvalue weighted by atomic mass is 10.2. The van der Waals surface area contributed by atoms with E-state index in [1.165, 1.54) is 22.7 Å². The van der Waals surface area contributed by atoms with E-state index in [0.717, 1.165) is 34.8 Å². The molecule has 0 spiro atoms. The van der Waals surface area contributed by atoms with Crippen LogP contribution in [0.5, 0.6) is 0 Å². The van der Waals surface area contributed by atoms with Crippen molar-refractivity contribution < 1.29 is 9.18 Å². The van der Waals surface area contributed by atoms with Gasteiger partial charge in [-0.05, 0) is 24.6 Å². The highest BCUT2D eigenvalue weighted by atomic mass is 32.2. The zero-order valence-electron chi connectivity index (χ0n) is 15.3. The van der Waals surface area contributed by atoms with Crippen molar-refractivity contribution in [2.75, 3.05) is 34.8 Å². The normalized spacial score (nSPS) is 14.4. The van der Waals surface area contributed by atoms with Crippen molar-refractivity contribution in [3.8, 4) is 0 Å². The largest absolute Gasteiger partial charge is 0.352 e. The van der Waals surface area contributed by atoms with Gasteiger partial charge in [0.05, 0.1) is 0 Å². The first-order chi connectivity index (χ1) is 13.5. The van der Waals surface area contributed by atoms with E-state index in [0.29, 0.717) is 17.2 Å². The first-order valence-corrected chi connectivity index (χ1v) is 10.0. The third kappa shape index (κ3) is 3.59. The molecule has 4 rings (SSSR count). The predicted octanol–water partition coefficient (Wildman–Crippen LogP) is 1.53. The van der Waals surface area contributed by atoms with Crippen molar-refractivity contribution >= 4 is 34.8 Å². The van der Waals surface area contributed by atoms with Crippen molar-refractivity contribution in [3.05, 3.63) is 52.5 Å². The highest BCUT2D eigenvalue weighted by Gasteiger charge is 2.20. The van der Waals surface area contributed by atoms with E-state index < -0.39 is 17.4 Å². The van der Waals surface area contributed by atoms with E-state index in [2.05, 4.69) is 20.3 Å². The van der Waals surface area contributed by atoms with Gasteiger partial charge in [-0.2, -0.15) is 11.8 Å². The maximum Gasteiger partial charge on any atom is 0.350 e. The highest BCUT2D eigenvalue weighted by Crippen LogP contribution is 2.20. The number of amides is 1. The van der Waals surface area contributed by atoms with Crippen LogP contribution in [-0.4, -0.2) is 49.7 Å². The topological polar surface area (TPSA) is 84.5 Å². The fraction of sp³-hybridized carbons (Fsp3) is 0.333. The fourth-order valence-electron chi connectivity index (χ4n) is 3.09. The maximum absolute atomic E-state index is 13.4. The van der Waals surface area contributed by atoms with Crippen LogP contribution in [0.2, 0.25) is 0 Å². The van der Waals surface area contributed by atoms with E-state index in [-0.39, 0.29) is 6.54 Å². The van der Waals surface area contributed by atoms with Gasteiger partial charge in [0.2, 0.25) is 11.6 Å². The van der Waals surface area contributed by atoms with Crippen LogP contribution in [0.4, 0.5) is 15.9 Å². The van der Waals surface area contributed by atoms with Gasteiger partial charge in [-0.1, -0.05) is 6.07 Å². The molecular formula is C18H19FN6O2S. The van der Waals surface area contributed by atoms with Crippen molar-refractivity contribution in [3.63, 3.8) is 0 Å². The van der Waals surface area contributed by atoms with Crippen LogP contribution >= 0.6 is 11.8 Å². The molecule has 10 heteroatoms. The van der Waals surface area contributed by atoms with Gasteiger partial charge in [-0.15, -0.1) is 5.10 Å². The van der Waals surface area contributed by atoms with E-state index >= 15 is 0 Å². The summed E-state index contributed by atoms with van der Waals surface area (Å²) in [6.45, 7) is 3.15. The average Bonchev–Trinajstić information content (AvgIpc) is 3.01. The van der Waals surface area contributed by atoms with Crippen molar-refractivity contribution in [1.82, 2.24) is 19.2 Å². The number of hydrogen-bond acceptors (Lipinski definition) is 6. The lowest BCUT2D eigenvalue weighted by molar-refractivity contribution is -0.117. The van der Waals surface area contributed by atoms with E-state index in [1.807, 2.05) is 11.8 Å². The Morgan fingerprint density at radius 3 is 2.89 bits per heavy atom. The Labute approximate surface area is 164 Å². The predicted molar refractivity (Wildman–Crippen MR) is 107 cm³/mol. The minimum atomic E-state index is -0.455. The zero-order chi connectivity index (χ0) is 19.7. The number of thioether (sulfide) groups is 1.